The third-order valence-corrected chi connectivity index (χ3v) is 3.01. The van der Waals surface area contributed by atoms with Crippen LogP contribution in [0.2, 0.25) is 0 Å². The van der Waals surface area contributed by atoms with E-state index in [9.17, 15) is 4.79 Å². The summed E-state index contributed by atoms with van der Waals surface area (Å²) in [5, 5.41) is 2.90. The summed E-state index contributed by atoms with van der Waals surface area (Å²) in [6, 6.07) is 11.4. The number of nitrogens with two attached hydrogens (primary N) is 1. The highest BCUT2D eigenvalue weighted by atomic mass is 16.1. The third-order valence-electron chi connectivity index (χ3n) is 3.01. The van der Waals surface area contributed by atoms with Crippen LogP contribution in [0.25, 0.3) is 0 Å². The van der Waals surface area contributed by atoms with Crippen molar-refractivity contribution in [3.8, 4) is 0 Å². The van der Waals surface area contributed by atoms with Crippen LogP contribution in [0.5, 0.6) is 0 Å². The SMILES string of the molecule is Cc1cc(C)cc(NC(=O)c2c(C)cccc2N)c1. The largest absolute Gasteiger partial charge is 0.398 e. The Morgan fingerprint density at radius 2 is 1.68 bits per heavy atom. The maximum Gasteiger partial charge on any atom is 0.258 e. The monoisotopic (exact) mass is 254 g/mol. The molecule has 0 aliphatic heterocycles. The number of carbonyl (C=O) groups is 1. The Kier molecular flexibility index (Phi) is 3.56. The Morgan fingerprint density at radius 3 is 2.26 bits per heavy atom. The van der Waals surface area contributed by atoms with Crippen molar-refractivity contribution >= 4 is 17.3 Å². The molecule has 0 aromatic heterocycles. The van der Waals surface area contributed by atoms with Gasteiger partial charge in [0.15, 0.2) is 0 Å². The van der Waals surface area contributed by atoms with Gasteiger partial charge < -0.3 is 11.1 Å². The zero-order chi connectivity index (χ0) is 14.0. The first-order valence-electron chi connectivity index (χ1n) is 6.22. The molecule has 3 heteroatoms. The van der Waals surface area contributed by atoms with E-state index in [4.69, 9.17) is 5.73 Å². The number of rotatable bonds is 2. The molecule has 0 fully saturated rings. The molecule has 0 heterocycles. The molecule has 0 radical (unpaired) electrons. The summed E-state index contributed by atoms with van der Waals surface area (Å²) in [7, 11) is 0. The smallest absolute Gasteiger partial charge is 0.258 e. The molecular formula is C16H18N2O. The fraction of sp³-hybridized carbons (Fsp3) is 0.188. The fourth-order valence-electron chi connectivity index (χ4n) is 2.24. The predicted octanol–water partition coefficient (Wildman–Crippen LogP) is 3.45. The molecule has 0 saturated carbocycles. The van der Waals surface area contributed by atoms with Gasteiger partial charge in [-0.2, -0.15) is 0 Å². The van der Waals surface area contributed by atoms with Crippen LogP contribution >= 0.6 is 0 Å². The Bertz CT molecular complexity index is 592. The normalized spacial score (nSPS) is 10.3. The number of benzene rings is 2. The summed E-state index contributed by atoms with van der Waals surface area (Å²) in [6.07, 6.45) is 0. The van der Waals surface area contributed by atoms with Crippen LogP contribution in [-0.2, 0) is 0 Å². The summed E-state index contributed by atoms with van der Waals surface area (Å²) < 4.78 is 0. The van der Waals surface area contributed by atoms with Crippen molar-refractivity contribution in [3.05, 3.63) is 58.7 Å². The van der Waals surface area contributed by atoms with Crippen molar-refractivity contribution < 1.29 is 4.79 Å². The lowest BCUT2D eigenvalue weighted by atomic mass is 10.1. The van der Waals surface area contributed by atoms with Gasteiger partial charge in [-0.05, 0) is 55.7 Å². The first kappa shape index (κ1) is 13.1. The summed E-state index contributed by atoms with van der Waals surface area (Å²) in [5.41, 5.74) is 10.8. The predicted molar refractivity (Wildman–Crippen MR) is 79.5 cm³/mol. The molecule has 19 heavy (non-hydrogen) atoms. The summed E-state index contributed by atoms with van der Waals surface area (Å²) in [6.45, 7) is 5.89. The van der Waals surface area contributed by atoms with Crippen LogP contribution in [0, 0.1) is 20.8 Å². The molecule has 2 aromatic rings. The van der Waals surface area contributed by atoms with Crippen molar-refractivity contribution in [1.29, 1.82) is 0 Å². The van der Waals surface area contributed by atoms with Crippen LogP contribution in [0.1, 0.15) is 27.0 Å². The van der Waals surface area contributed by atoms with Gasteiger partial charge in [-0.25, -0.2) is 0 Å². The highest BCUT2D eigenvalue weighted by molar-refractivity contribution is 6.08. The van der Waals surface area contributed by atoms with Gasteiger partial charge in [0, 0.05) is 11.4 Å². The summed E-state index contributed by atoms with van der Waals surface area (Å²) >= 11 is 0. The molecule has 0 aliphatic rings. The van der Waals surface area contributed by atoms with Crippen LogP contribution < -0.4 is 11.1 Å². The molecule has 0 aliphatic carbocycles. The van der Waals surface area contributed by atoms with Gasteiger partial charge in [0.1, 0.15) is 0 Å². The summed E-state index contributed by atoms with van der Waals surface area (Å²) in [4.78, 5) is 12.3. The minimum absolute atomic E-state index is 0.166. The Hall–Kier alpha value is -2.29. The van der Waals surface area contributed by atoms with E-state index < -0.39 is 0 Å². The molecule has 98 valence electrons. The Morgan fingerprint density at radius 1 is 1.05 bits per heavy atom. The zero-order valence-corrected chi connectivity index (χ0v) is 11.4. The average molecular weight is 254 g/mol. The molecule has 1 amide bonds. The van der Waals surface area contributed by atoms with E-state index in [1.807, 2.05) is 45.0 Å². The second-order valence-electron chi connectivity index (χ2n) is 4.87. The van der Waals surface area contributed by atoms with Crippen molar-refractivity contribution in [2.75, 3.05) is 11.1 Å². The minimum atomic E-state index is -0.166. The molecule has 0 saturated heterocycles. The highest BCUT2D eigenvalue weighted by Gasteiger charge is 2.12. The maximum atomic E-state index is 12.3. The topological polar surface area (TPSA) is 55.1 Å². The fourth-order valence-corrected chi connectivity index (χ4v) is 2.24. The lowest BCUT2D eigenvalue weighted by molar-refractivity contribution is 0.102. The van der Waals surface area contributed by atoms with Gasteiger partial charge in [0.2, 0.25) is 0 Å². The molecule has 0 atom stereocenters. The second-order valence-corrected chi connectivity index (χ2v) is 4.87. The van der Waals surface area contributed by atoms with Crippen LogP contribution in [0.15, 0.2) is 36.4 Å². The summed E-state index contributed by atoms with van der Waals surface area (Å²) in [5.74, 6) is -0.166. The number of nitrogens with one attached hydrogen (secondary N) is 1. The maximum absolute atomic E-state index is 12.3. The number of hydrogen-bond donors (Lipinski definition) is 2. The Balaban J connectivity index is 2.31. The number of amides is 1. The molecule has 3 N–H and O–H groups in total. The van der Waals surface area contributed by atoms with E-state index in [0.717, 1.165) is 22.4 Å². The van der Waals surface area contributed by atoms with Crippen molar-refractivity contribution in [2.45, 2.75) is 20.8 Å². The van der Waals surface area contributed by atoms with Gasteiger partial charge in [-0.15, -0.1) is 0 Å². The van der Waals surface area contributed by atoms with E-state index in [-0.39, 0.29) is 5.91 Å². The molecule has 2 rings (SSSR count). The van der Waals surface area contributed by atoms with Gasteiger partial charge in [-0.3, -0.25) is 4.79 Å². The quantitative estimate of drug-likeness (QED) is 0.806. The molecule has 0 unspecified atom stereocenters. The van der Waals surface area contributed by atoms with Gasteiger partial charge in [0.25, 0.3) is 5.91 Å². The van der Waals surface area contributed by atoms with E-state index in [1.54, 1.807) is 6.07 Å². The van der Waals surface area contributed by atoms with E-state index in [0.29, 0.717) is 11.3 Å². The van der Waals surface area contributed by atoms with Crippen LogP contribution in [0.4, 0.5) is 11.4 Å². The van der Waals surface area contributed by atoms with E-state index >= 15 is 0 Å². The first-order valence-corrected chi connectivity index (χ1v) is 6.22. The average Bonchev–Trinajstić information content (AvgIpc) is 2.26. The number of nitrogen functional groups attached to an aromatic ring is 1. The number of carbonyl (C=O) groups excluding carboxylic acids is 1. The first-order chi connectivity index (χ1) is 8.97. The van der Waals surface area contributed by atoms with Crippen LogP contribution in [0.3, 0.4) is 0 Å². The van der Waals surface area contributed by atoms with Gasteiger partial charge in [0.05, 0.1) is 5.56 Å². The number of hydrogen-bond acceptors (Lipinski definition) is 2. The third kappa shape index (κ3) is 2.94. The van der Waals surface area contributed by atoms with Crippen molar-refractivity contribution in [2.24, 2.45) is 0 Å². The molecule has 2 aromatic carbocycles. The molecular weight excluding hydrogens is 236 g/mol. The lowest BCUT2D eigenvalue weighted by Gasteiger charge is -2.11. The van der Waals surface area contributed by atoms with Crippen LogP contribution in [-0.4, -0.2) is 5.91 Å². The zero-order valence-electron chi connectivity index (χ0n) is 11.4. The lowest BCUT2D eigenvalue weighted by Crippen LogP contribution is -2.15. The molecule has 0 spiro atoms. The standard InChI is InChI=1S/C16H18N2O/c1-10-7-11(2)9-13(8-10)18-16(19)15-12(3)5-4-6-14(15)17/h4-9H,17H2,1-3H3,(H,18,19). The van der Waals surface area contributed by atoms with Gasteiger partial charge >= 0.3 is 0 Å². The van der Waals surface area contributed by atoms with Gasteiger partial charge in [-0.1, -0.05) is 18.2 Å². The highest BCUT2D eigenvalue weighted by Crippen LogP contribution is 2.19. The minimum Gasteiger partial charge on any atom is -0.398 e. The number of anilines is 2. The number of aryl methyl sites for hydroxylation is 3. The van der Waals surface area contributed by atoms with Crippen molar-refractivity contribution in [1.82, 2.24) is 0 Å². The Labute approximate surface area is 113 Å². The second kappa shape index (κ2) is 5.14. The van der Waals surface area contributed by atoms with E-state index in [1.165, 1.54) is 0 Å². The molecule has 0 bridgehead atoms. The van der Waals surface area contributed by atoms with Crippen molar-refractivity contribution in [3.63, 3.8) is 0 Å². The molecule has 3 nitrogen and oxygen atoms in total. The van der Waals surface area contributed by atoms with E-state index in [2.05, 4.69) is 11.4 Å².